The molecule has 1 heterocycles. The smallest absolute Gasteiger partial charge is 0.270 e. The van der Waals surface area contributed by atoms with Crippen molar-refractivity contribution in [3.63, 3.8) is 0 Å². The Morgan fingerprint density at radius 1 is 1.41 bits per heavy atom. The number of nitrogens with zero attached hydrogens (tertiary/aromatic N) is 3. The lowest BCUT2D eigenvalue weighted by atomic mass is 10.2. The molecule has 1 amide bonds. The summed E-state index contributed by atoms with van der Waals surface area (Å²) in [6, 6.07) is 5.22. The van der Waals surface area contributed by atoms with Crippen LogP contribution in [-0.2, 0) is 0 Å². The lowest BCUT2D eigenvalue weighted by Crippen LogP contribution is -2.24. The highest BCUT2D eigenvalue weighted by atomic mass is 79.9. The van der Waals surface area contributed by atoms with E-state index in [4.69, 9.17) is 4.74 Å². The van der Waals surface area contributed by atoms with E-state index in [0.717, 1.165) is 10.2 Å². The summed E-state index contributed by atoms with van der Waals surface area (Å²) in [6.07, 6.45) is 0. The van der Waals surface area contributed by atoms with Crippen LogP contribution in [0.5, 0.6) is 5.75 Å². The van der Waals surface area contributed by atoms with Gasteiger partial charge in [0.05, 0.1) is 11.1 Å². The number of hydrogen-bond donors (Lipinski definition) is 1. The fraction of sp³-hybridized carbons (Fsp3) is 0.357. The molecular formula is C14H17BrN4O2S. The molecule has 0 spiro atoms. The zero-order valence-electron chi connectivity index (χ0n) is 12.6. The zero-order valence-corrected chi connectivity index (χ0v) is 15.0. The van der Waals surface area contributed by atoms with Gasteiger partial charge in [-0.2, -0.15) is 0 Å². The average Bonchev–Trinajstić information content (AvgIpc) is 2.83. The molecule has 8 heteroatoms. The maximum Gasteiger partial charge on any atom is 0.270 e. The molecule has 1 aromatic carbocycles. The van der Waals surface area contributed by atoms with E-state index in [1.807, 2.05) is 13.8 Å². The minimum atomic E-state index is -0.232. The van der Waals surface area contributed by atoms with Gasteiger partial charge in [-0.15, -0.1) is 10.2 Å². The summed E-state index contributed by atoms with van der Waals surface area (Å²) in [6.45, 7) is 6.29. The van der Waals surface area contributed by atoms with Crippen molar-refractivity contribution in [2.75, 3.05) is 17.8 Å². The first kappa shape index (κ1) is 16.8. The lowest BCUT2D eigenvalue weighted by molar-refractivity contribution is 0.100. The van der Waals surface area contributed by atoms with Gasteiger partial charge < -0.3 is 4.74 Å². The predicted molar refractivity (Wildman–Crippen MR) is 90.2 cm³/mol. The van der Waals surface area contributed by atoms with Gasteiger partial charge in [0.25, 0.3) is 5.91 Å². The van der Waals surface area contributed by atoms with Gasteiger partial charge in [-0.3, -0.25) is 10.2 Å². The van der Waals surface area contributed by atoms with Gasteiger partial charge in [-0.1, -0.05) is 18.7 Å². The second-order valence-corrected chi connectivity index (χ2v) is 6.40. The highest BCUT2D eigenvalue weighted by Gasteiger charge is 2.14. The Balaban J connectivity index is 2.19. The van der Waals surface area contributed by atoms with Gasteiger partial charge in [0.15, 0.2) is 0 Å². The topological polar surface area (TPSA) is 69.0 Å². The third-order valence-corrected chi connectivity index (χ3v) is 4.21. The van der Waals surface area contributed by atoms with Crippen LogP contribution in [0.4, 0.5) is 0 Å². The Morgan fingerprint density at radius 2 is 2.18 bits per heavy atom. The molecule has 0 bridgehead atoms. The minimum absolute atomic E-state index is 0.232. The summed E-state index contributed by atoms with van der Waals surface area (Å²) in [5.74, 6) is 1.96. The highest BCUT2D eigenvalue weighted by Crippen LogP contribution is 2.26. The molecular weight excluding hydrogens is 368 g/mol. The van der Waals surface area contributed by atoms with Crippen molar-refractivity contribution in [3.05, 3.63) is 34.1 Å². The Morgan fingerprint density at radius 3 is 2.82 bits per heavy atom. The largest absolute Gasteiger partial charge is 0.493 e. The van der Waals surface area contributed by atoms with E-state index in [1.165, 1.54) is 11.8 Å². The van der Waals surface area contributed by atoms with Crippen molar-refractivity contribution in [2.24, 2.45) is 0 Å². The molecule has 0 atom stereocenters. The number of benzene rings is 1. The summed E-state index contributed by atoms with van der Waals surface area (Å²) in [4.78, 5) is 12.4. The molecule has 0 aliphatic carbocycles. The van der Waals surface area contributed by atoms with Crippen LogP contribution < -0.4 is 10.2 Å². The molecule has 0 saturated carbocycles. The molecule has 1 N–H and O–H groups in total. The van der Waals surface area contributed by atoms with Crippen LogP contribution in [0.2, 0.25) is 0 Å². The van der Waals surface area contributed by atoms with Crippen molar-refractivity contribution in [2.45, 2.75) is 25.9 Å². The fourth-order valence-electron chi connectivity index (χ4n) is 1.77. The highest BCUT2D eigenvalue weighted by molar-refractivity contribution is 9.10. The molecule has 6 nitrogen and oxygen atoms in total. The van der Waals surface area contributed by atoms with Crippen LogP contribution in [0.15, 0.2) is 27.8 Å². The maximum atomic E-state index is 12.4. The molecule has 0 aliphatic rings. The zero-order chi connectivity index (χ0) is 16.1. The number of rotatable bonds is 6. The maximum absolute atomic E-state index is 12.4. The van der Waals surface area contributed by atoms with E-state index in [9.17, 15) is 4.79 Å². The fourth-order valence-corrected chi connectivity index (χ4v) is 2.93. The van der Waals surface area contributed by atoms with E-state index in [2.05, 4.69) is 31.6 Å². The van der Waals surface area contributed by atoms with Crippen LogP contribution in [0.3, 0.4) is 0 Å². The molecule has 0 radical (unpaired) electrons. The first-order valence-electron chi connectivity index (χ1n) is 6.85. The summed E-state index contributed by atoms with van der Waals surface area (Å²) in [7, 11) is 0. The third-order valence-electron chi connectivity index (χ3n) is 2.78. The molecule has 0 unspecified atom stereocenters. The standard InChI is InChI=1S/C14H17BrN4O2S/c1-4-21-12-7-6-10(8-11(12)15)13(20)18-19-9(3)16-17-14(19)22-5-2/h6-8H,4-5H2,1-3H3,(H,18,20). The monoisotopic (exact) mass is 384 g/mol. The number of hydrogen-bond acceptors (Lipinski definition) is 5. The van der Waals surface area contributed by atoms with Gasteiger partial charge in [-0.25, -0.2) is 4.68 Å². The SMILES string of the molecule is CCOc1ccc(C(=O)Nn2c(C)nnc2SCC)cc1Br. The van der Waals surface area contributed by atoms with Crippen LogP contribution in [0.1, 0.15) is 30.0 Å². The van der Waals surface area contributed by atoms with E-state index < -0.39 is 0 Å². The van der Waals surface area contributed by atoms with Crippen molar-refractivity contribution >= 4 is 33.6 Å². The van der Waals surface area contributed by atoms with Crippen LogP contribution in [-0.4, -0.2) is 33.1 Å². The number of carbonyl (C=O) groups is 1. The average molecular weight is 385 g/mol. The number of aryl methyl sites for hydroxylation is 1. The number of halogens is 1. The first-order valence-corrected chi connectivity index (χ1v) is 8.63. The first-order chi connectivity index (χ1) is 10.6. The van der Waals surface area contributed by atoms with E-state index in [1.54, 1.807) is 29.8 Å². The van der Waals surface area contributed by atoms with Crippen molar-refractivity contribution in [3.8, 4) is 5.75 Å². The molecule has 0 saturated heterocycles. The Kier molecular flexibility index (Phi) is 5.84. The number of amides is 1. The quantitative estimate of drug-likeness (QED) is 0.774. The van der Waals surface area contributed by atoms with Crippen molar-refractivity contribution in [1.82, 2.24) is 14.9 Å². The summed E-state index contributed by atoms with van der Waals surface area (Å²) in [5.41, 5.74) is 3.33. The molecule has 2 aromatic rings. The van der Waals surface area contributed by atoms with Crippen LogP contribution >= 0.6 is 27.7 Å². The Labute approximate surface area is 141 Å². The second kappa shape index (κ2) is 7.64. The number of thioether (sulfide) groups is 1. The van der Waals surface area contributed by atoms with Gasteiger partial charge in [-0.05, 0) is 53.7 Å². The van der Waals surface area contributed by atoms with E-state index in [-0.39, 0.29) is 5.91 Å². The number of aromatic nitrogens is 3. The molecule has 2 rings (SSSR count). The summed E-state index contributed by atoms with van der Waals surface area (Å²) in [5, 5.41) is 8.69. The molecule has 1 aromatic heterocycles. The van der Waals surface area contributed by atoms with Crippen molar-refractivity contribution < 1.29 is 9.53 Å². The molecule has 0 aliphatic heterocycles. The summed E-state index contributed by atoms with van der Waals surface area (Å²) >= 11 is 4.93. The number of carbonyl (C=O) groups excluding carboxylic acids is 1. The third kappa shape index (κ3) is 3.80. The normalized spacial score (nSPS) is 10.5. The van der Waals surface area contributed by atoms with Gasteiger partial charge in [0.2, 0.25) is 5.16 Å². The molecule has 22 heavy (non-hydrogen) atoms. The Bertz CT molecular complexity index is 675. The van der Waals surface area contributed by atoms with Crippen molar-refractivity contribution in [1.29, 1.82) is 0 Å². The van der Waals surface area contributed by atoms with Crippen LogP contribution in [0.25, 0.3) is 0 Å². The number of ether oxygens (including phenoxy) is 1. The minimum Gasteiger partial charge on any atom is -0.493 e. The molecule has 118 valence electrons. The van der Waals surface area contributed by atoms with Gasteiger partial charge >= 0.3 is 0 Å². The second-order valence-electron chi connectivity index (χ2n) is 4.32. The van der Waals surface area contributed by atoms with Crippen LogP contribution in [0, 0.1) is 6.92 Å². The lowest BCUT2D eigenvalue weighted by Gasteiger charge is -2.11. The predicted octanol–water partition coefficient (Wildman–Crippen LogP) is 3.24. The van der Waals surface area contributed by atoms with E-state index >= 15 is 0 Å². The Hall–Kier alpha value is -1.54. The number of nitrogens with one attached hydrogen (secondary N) is 1. The summed E-state index contributed by atoms with van der Waals surface area (Å²) < 4.78 is 7.78. The van der Waals surface area contributed by atoms with Gasteiger partial charge in [0.1, 0.15) is 11.6 Å². The molecule has 0 fully saturated rings. The van der Waals surface area contributed by atoms with Gasteiger partial charge in [0, 0.05) is 5.56 Å². The van der Waals surface area contributed by atoms with E-state index in [0.29, 0.717) is 28.9 Å².